The number of aliphatic hydroxyl groups excluding tert-OH is 2. The number of rotatable bonds is 13. The van der Waals surface area contributed by atoms with Gasteiger partial charge in [0.25, 0.3) is 0 Å². The molecule has 7 unspecified atom stereocenters. The van der Waals surface area contributed by atoms with Crippen molar-refractivity contribution in [2.45, 2.75) is 102 Å². The highest BCUT2D eigenvalue weighted by molar-refractivity contribution is 5.84. The zero-order chi connectivity index (χ0) is 24.1. The van der Waals surface area contributed by atoms with E-state index in [-0.39, 0.29) is 35.9 Å². The van der Waals surface area contributed by atoms with Gasteiger partial charge in [0.1, 0.15) is 11.6 Å². The van der Waals surface area contributed by atoms with E-state index in [0.29, 0.717) is 43.6 Å². The smallest absolute Gasteiger partial charge is 0.220 e. The molecular formula is C27H41N3O4. The van der Waals surface area contributed by atoms with Gasteiger partial charge in [0.2, 0.25) is 5.91 Å². The van der Waals surface area contributed by atoms with Crippen LogP contribution in [0.25, 0.3) is 0 Å². The summed E-state index contributed by atoms with van der Waals surface area (Å²) < 4.78 is 0. The molecule has 0 bridgehead atoms. The molecule has 7 heteroatoms. The van der Waals surface area contributed by atoms with Crippen LogP contribution in [0.5, 0.6) is 0 Å². The first-order valence-corrected chi connectivity index (χ1v) is 13.3. The molecule has 34 heavy (non-hydrogen) atoms. The first-order chi connectivity index (χ1) is 16.4. The largest absolute Gasteiger partial charge is 0.393 e. The van der Waals surface area contributed by atoms with Gasteiger partial charge in [-0.2, -0.15) is 0 Å². The Bertz CT molecular complexity index is 815. The first kappa shape index (κ1) is 25.2. The minimum absolute atomic E-state index is 0.0720. The Morgan fingerprint density at radius 1 is 1.18 bits per heavy atom. The summed E-state index contributed by atoms with van der Waals surface area (Å²) in [6, 6.07) is 2.20. The normalized spacial score (nSPS) is 30.6. The van der Waals surface area contributed by atoms with Crippen molar-refractivity contribution in [2.75, 3.05) is 0 Å². The van der Waals surface area contributed by atoms with Crippen LogP contribution in [0.15, 0.2) is 18.5 Å². The van der Waals surface area contributed by atoms with Gasteiger partial charge in [-0.3, -0.25) is 9.59 Å². The van der Waals surface area contributed by atoms with Crippen molar-refractivity contribution in [3.8, 4) is 0 Å². The highest BCUT2D eigenvalue weighted by Crippen LogP contribution is 2.47. The first-order valence-electron chi connectivity index (χ1n) is 13.3. The van der Waals surface area contributed by atoms with E-state index in [9.17, 15) is 19.8 Å². The van der Waals surface area contributed by atoms with Gasteiger partial charge in [-0.25, -0.2) is 9.97 Å². The zero-order valence-corrected chi connectivity index (χ0v) is 20.4. The van der Waals surface area contributed by atoms with Crippen LogP contribution in [-0.4, -0.2) is 50.1 Å². The molecule has 1 amide bonds. The topological polar surface area (TPSA) is 112 Å². The predicted molar refractivity (Wildman–Crippen MR) is 129 cm³/mol. The molecule has 1 aromatic rings. The van der Waals surface area contributed by atoms with E-state index in [2.05, 4.69) is 22.2 Å². The van der Waals surface area contributed by atoms with Crippen molar-refractivity contribution in [3.63, 3.8) is 0 Å². The van der Waals surface area contributed by atoms with Crippen molar-refractivity contribution in [1.82, 2.24) is 15.3 Å². The molecular weight excluding hydrogens is 430 g/mol. The monoisotopic (exact) mass is 471 g/mol. The van der Waals surface area contributed by atoms with Crippen LogP contribution in [0, 0.1) is 29.6 Å². The number of hydrogen-bond acceptors (Lipinski definition) is 6. The zero-order valence-electron chi connectivity index (χ0n) is 20.4. The van der Waals surface area contributed by atoms with Gasteiger partial charge in [0.15, 0.2) is 0 Å². The molecule has 0 aromatic carbocycles. The van der Waals surface area contributed by atoms with E-state index in [1.165, 1.54) is 6.42 Å². The van der Waals surface area contributed by atoms with Crippen molar-refractivity contribution >= 4 is 11.7 Å². The Kier molecular flexibility index (Phi) is 8.70. The summed E-state index contributed by atoms with van der Waals surface area (Å²) in [6.07, 6.45) is 12.3. The summed E-state index contributed by atoms with van der Waals surface area (Å²) >= 11 is 0. The van der Waals surface area contributed by atoms with E-state index in [0.717, 1.165) is 44.3 Å². The average molecular weight is 472 g/mol. The molecule has 3 fully saturated rings. The number of ketones is 1. The number of nitrogens with zero attached hydrogens (tertiary/aromatic N) is 2. The number of hydrogen-bond donors (Lipinski definition) is 3. The Morgan fingerprint density at radius 3 is 2.59 bits per heavy atom. The molecule has 0 spiro atoms. The maximum absolute atomic E-state index is 12.8. The van der Waals surface area contributed by atoms with E-state index >= 15 is 0 Å². The molecule has 1 heterocycles. The van der Waals surface area contributed by atoms with E-state index in [4.69, 9.17) is 0 Å². The van der Waals surface area contributed by atoms with Gasteiger partial charge in [-0.05, 0) is 87.5 Å². The number of amides is 1. The summed E-state index contributed by atoms with van der Waals surface area (Å²) in [5.74, 6) is 2.07. The van der Waals surface area contributed by atoms with Crippen LogP contribution in [0.4, 0.5) is 0 Å². The highest BCUT2D eigenvalue weighted by Gasteiger charge is 2.46. The minimum Gasteiger partial charge on any atom is -0.393 e. The number of aromatic nitrogens is 2. The predicted octanol–water partition coefficient (Wildman–Crippen LogP) is 3.23. The summed E-state index contributed by atoms with van der Waals surface area (Å²) in [6.45, 7) is 2.07. The average Bonchev–Trinajstić information content (AvgIpc) is 3.56. The summed E-state index contributed by atoms with van der Waals surface area (Å²) in [5.41, 5.74) is 0. The van der Waals surface area contributed by atoms with Crippen molar-refractivity contribution in [1.29, 1.82) is 0 Å². The standard InChI is InChI=1S/C27H41N3O4/c1-17(14-21(31)10-11-25-28-12-3-13-29-25)27-22(23(32)16-24(27)33)15-19-7-6-18(19)4-2-5-26(34)30-20-8-9-20/h3,12-13,17-22,24,27,31,33H,2,4-11,14-16H2,1H3,(H,30,34). The van der Waals surface area contributed by atoms with Crippen molar-refractivity contribution < 1.29 is 19.8 Å². The second-order valence-corrected chi connectivity index (χ2v) is 11.1. The van der Waals surface area contributed by atoms with Crippen LogP contribution in [0.2, 0.25) is 0 Å². The molecule has 3 saturated carbocycles. The second kappa shape index (κ2) is 11.7. The van der Waals surface area contributed by atoms with Gasteiger partial charge >= 0.3 is 0 Å². The van der Waals surface area contributed by atoms with E-state index in [1.807, 2.05) is 0 Å². The fourth-order valence-corrected chi connectivity index (χ4v) is 6.21. The quantitative estimate of drug-likeness (QED) is 0.407. The lowest BCUT2D eigenvalue weighted by Gasteiger charge is -2.40. The van der Waals surface area contributed by atoms with Crippen molar-refractivity contribution in [3.05, 3.63) is 24.3 Å². The highest BCUT2D eigenvalue weighted by atomic mass is 16.3. The van der Waals surface area contributed by atoms with Crippen LogP contribution >= 0.6 is 0 Å². The lowest BCUT2D eigenvalue weighted by Crippen LogP contribution is -2.35. The Morgan fingerprint density at radius 2 is 1.91 bits per heavy atom. The van der Waals surface area contributed by atoms with Crippen LogP contribution in [-0.2, 0) is 16.0 Å². The molecule has 0 radical (unpaired) electrons. The molecule has 3 aliphatic rings. The molecule has 0 aliphatic heterocycles. The van der Waals surface area contributed by atoms with E-state index < -0.39 is 12.2 Å². The number of carbonyl (C=O) groups is 2. The van der Waals surface area contributed by atoms with Crippen molar-refractivity contribution in [2.24, 2.45) is 29.6 Å². The third kappa shape index (κ3) is 6.85. The molecule has 3 aliphatic carbocycles. The number of aryl methyl sites for hydroxylation is 1. The van der Waals surface area contributed by atoms with Gasteiger partial charge in [0, 0.05) is 43.6 Å². The van der Waals surface area contributed by atoms with Gasteiger partial charge in [0.05, 0.1) is 12.2 Å². The summed E-state index contributed by atoms with van der Waals surface area (Å²) in [7, 11) is 0. The maximum atomic E-state index is 12.8. The molecule has 3 N–H and O–H groups in total. The molecule has 4 rings (SSSR count). The van der Waals surface area contributed by atoms with E-state index in [1.54, 1.807) is 18.5 Å². The van der Waals surface area contributed by atoms with Crippen LogP contribution in [0.1, 0.15) is 83.4 Å². The maximum Gasteiger partial charge on any atom is 0.220 e. The minimum atomic E-state index is -0.609. The molecule has 0 saturated heterocycles. The lowest BCUT2D eigenvalue weighted by molar-refractivity contribution is -0.122. The molecule has 1 aromatic heterocycles. The Balaban J connectivity index is 1.23. The number of Topliss-reactive ketones (excluding diaryl/α,β-unsaturated/α-hetero) is 1. The Labute approximate surface area is 203 Å². The number of aliphatic hydroxyl groups is 2. The molecule has 7 atom stereocenters. The third-order valence-corrected chi connectivity index (χ3v) is 8.41. The van der Waals surface area contributed by atoms with Gasteiger partial charge in [-0.15, -0.1) is 0 Å². The molecule has 7 nitrogen and oxygen atoms in total. The fraction of sp³-hybridized carbons (Fsp3) is 0.778. The van der Waals surface area contributed by atoms with Gasteiger partial charge < -0.3 is 15.5 Å². The second-order valence-electron chi connectivity index (χ2n) is 11.1. The molecule has 188 valence electrons. The van der Waals surface area contributed by atoms with Crippen LogP contribution in [0.3, 0.4) is 0 Å². The number of carbonyl (C=O) groups excluding carboxylic acids is 2. The number of nitrogens with one attached hydrogen (secondary N) is 1. The summed E-state index contributed by atoms with van der Waals surface area (Å²) in [4.78, 5) is 33.2. The SMILES string of the molecule is CC(CC(O)CCc1ncccn1)C1C(O)CC(=O)C1CC1CCC1CCCC(=O)NC1CC1. The fourth-order valence-electron chi connectivity index (χ4n) is 6.21. The van der Waals surface area contributed by atoms with Crippen LogP contribution < -0.4 is 5.32 Å². The Hall–Kier alpha value is -1.86. The summed E-state index contributed by atoms with van der Waals surface area (Å²) in [5, 5.41) is 24.4. The van der Waals surface area contributed by atoms with Gasteiger partial charge in [-0.1, -0.05) is 6.92 Å². The third-order valence-electron chi connectivity index (χ3n) is 8.41. The lowest BCUT2D eigenvalue weighted by atomic mass is 9.65.